The Morgan fingerprint density at radius 2 is 1.86 bits per heavy atom. The number of rotatable bonds is 6. The Labute approximate surface area is 168 Å². The number of anilines is 1. The van der Waals surface area contributed by atoms with E-state index in [0.29, 0.717) is 22.8 Å². The van der Waals surface area contributed by atoms with E-state index in [9.17, 15) is 19.5 Å². The van der Waals surface area contributed by atoms with E-state index in [2.05, 4.69) is 0 Å². The third-order valence-corrected chi connectivity index (χ3v) is 5.11. The lowest BCUT2D eigenvalue weighted by Crippen LogP contribution is -2.57. The number of amides is 1. The zero-order valence-electron chi connectivity index (χ0n) is 15.5. The number of benzene rings is 2. The Hall–Kier alpha value is -2.86. The number of hydrogen-bond acceptors (Lipinski definition) is 4. The average molecular weight is 401 g/mol. The van der Waals surface area contributed by atoms with Gasteiger partial charge in [0.1, 0.15) is 6.04 Å². The number of carboxylic acids is 1. The molecular formula is C21H21ClN2O4. The molecule has 1 atom stereocenters. The molecule has 1 unspecified atom stereocenters. The fourth-order valence-corrected chi connectivity index (χ4v) is 3.62. The van der Waals surface area contributed by atoms with Crippen LogP contribution in [0, 0.1) is 0 Å². The summed E-state index contributed by atoms with van der Waals surface area (Å²) in [6.07, 6.45) is 0.248. The molecule has 1 aliphatic heterocycles. The highest BCUT2D eigenvalue weighted by atomic mass is 35.5. The van der Waals surface area contributed by atoms with Gasteiger partial charge >= 0.3 is 5.97 Å². The second-order valence-electron chi connectivity index (χ2n) is 6.77. The molecule has 2 aromatic rings. The highest BCUT2D eigenvalue weighted by molar-refractivity contribution is 6.31. The van der Waals surface area contributed by atoms with Crippen molar-refractivity contribution in [2.75, 3.05) is 24.5 Å². The summed E-state index contributed by atoms with van der Waals surface area (Å²) in [5, 5.41) is 10.1. The number of ketones is 1. The monoisotopic (exact) mass is 400 g/mol. The summed E-state index contributed by atoms with van der Waals surface area (Å²) in [4.78, 5) is 39.7. The van der Waals surface area contributed by atoms with Crippen molar-refractivity contribution in [1.82, 2.24) is 4.90 Å². The van der Waals surface area contributed by atoms with E-state index < -0.39 is 12.0 Å². The fourth-order valence-electron chi connectivity index (χ4n) is 3.45. The van der Waals surface area contributed by atoms with Crippen LogP contribution >= 0.6 is 11.6 Å². The van der Waals surface area contributed by atoms with Crippen LogP contribution in [0.4, 0.5) is 5.69 Å². The Balaban J connectivity index is 1.79. The number of carbonyl (C=O) groups excluding carboxylic acids is 2. The number of halogens is 1. The van der Waals surface area contributed by atoms with Gasteiger partial charge in [-0.05, 0) is 30.7 Å². The van der Waals surface area contributed by atoms with E-state index in [1.165, 1.54) is 11.8 Å². The maximum Gasteiger partial charge on any atom is 0.326 e. The Morgan fingerprint density at radius 1 is 1.14 bits per heavy atom. The molecule has 0 aliphatic carbocycles. The lowest BCUT2D eigenvalue weighted by molar-refractivity contribution is -0.150. The van der Waals surface area contributed by atoms with Crippen molar-refractivity contribution in [1.29, 1.82) is 0 Å². The van der Waals surface area contributed by atoms with Gasteiger partial charge in [-0.2, -0.15) is 0 Å². The number of piperazine rings is 1. The van der Waals surface area contributed by atoms with Gasteiger partial charge in [0.25, 0.3) is 0 Å². The van der Waals surface area contributed by atoms with Crippen LogP contribution in [0.25, 0.3) is 0 Å². The van der Waals surface area contributed by atoms with E-state index in [1.54, 1.807) is 23.1 Å². The smallest absolute Gasteiger partial charge is 0.326 e. The largest absolute Gasteiger partial charge is 0.480 e. The van der Waals surface area contributed by atoms with E-state index in [-0.39, 0.29) is 31.2 Å². The predicted molar refractivity (Wildman–Crippen MR) is 107 cm³/mol. The Bertz CT molecular complexity index is 901. The number of nitrogens with zero attached hydrogens (tertiary/aromatic N) is 2. The molecule has 1 fully saturated rings. The molecule has 0 aromatic heterocycles. The van der Waals surface area contributed by atoms with Gasteiger partial charge in [0.15, 0.2) is 5.78 Å². The van der Waals surface area contributed by atoms with Crippen LogP contribution in [-0.2, 0) is 16.0 Å². The number of Topliss-reactive ketones (excluding diaryl/α,β-unsaturated/α-hetero) is 1. The molecule has 1 amide bonds. The van der Waals surface area contributed by atoms with Crippen LogP contribution in [-0.4, -0.2) is 53.3 Å². The molecule has 2 aromatic carbocycles. The van der Waals surface area contributed by atoms with E-state index >= 15 is 0 Å². The third kappa shape index (κ3) is 4.34. The van der Waals surface area contributed by atoms with Crippen molar-refractivity contribution in [2.24, 2.45) is 0 Å². The number of carbonyl (C=O) groups is 3. The minimum atomic E-state index is -1.03. The van der Waals surface area contributed by atoms with Gasteiger partial charge in [0.05, 0.1) is 6.54 Å². The molecule has 3 rings (SSSR count). The van der Waals surface area contributed by atoms with Gasteiger partial charge in [0.2, 0.25) is 5.91 Å². The maximum absolute atomic E-state index is 12.8. The number of hydrogen-bond donors (Lipinski definition) is 1. The molecule has 146 valence electrons. The predicted octanol–water partition coefficient (Wildman–Crippen LogP) is 2.89. The maximum atomic E-state index is 12.8. The van der Waals surface area contributed by atoms with E-state index in [4.69, 9.17) is 11.6 Å². The zero-order chi connectivity index (χ0) is 20.3. The second-order valence-corrected chi connectivity index (χ2v) is 7.21. The number of carboxylic acid groups (broad SMARTS) is 1. The standard InChI is InChI=1S/C21H21ClN2O4/c1-14(25)17-8-7-16(22)12-18(17)23-9-10-24(20(26)13-23)19(21(27)28)11-15-5-3-2-4-6-15/h2-8,12,19H,9-11,13H2,1H3,(H,27,28). The highest BCUT2D eigenvalue weighted by Crippen LogP contribution is 2.27. The fraction of sp³-hybridized carbons (Fsp3) is 0.286. The first kappa shape index (κ1) is 19.9. The van der Waals surface area contributed by atoms with Gasteiger partial charge in [-0.3, -0.25) is 9.59 Å². The molecule has 0 bridgehead atoms. The minimum Gasteiger partial charge on any atom is -0.480 e. The highest BCUT2D eigenvalue weighted by Gasteiger charge is 2.34. The van der Waals surface area contributed by atoms with Crippen LogP contribution in [0.3, 0.4) is 0 Å². The first-order valence-corrected chi connectivity index (χ1v) is 9.36. The molecular weight excluding hydrogens is 380 g/mol. The van der Waals surface area contributed by atoms with Crippen LogP contribution in [0.1, 0.15) is 22.8 Å². The summed E-state index contributed by atoms with van der Waals surface area (Å²) in [5.41, 5.74) is 1.95. The molecule has 0 radical (unpaired) electrons. The summed E-state index contributed by atoms with van der Waals surface area (Å²) in [7, 11) is 0. The van der Waals surface area contributed by atoms with Crippen molar-refractivity contribution in [3.8, 4) is 0 Å². The van der Waals surface area contributed by atoms with Crippen LogP contribution in [0.15, 0.2) is 48.5 Å². The molecule has 0 saturated carbocycles. The molecule has 28 heavy (non-hydrogen) atoms. The van der Waals surface area contributed by atoms with Crippen LogP contribution in [0.5, 0.6) is 0 Å². The van der Waals surface area contributed by atoms with Crippen molar-refractivity contribution in [3.05, 3.63) is 64.7 Å². The molecule has 0 spiro atoms. The summed E-state index contributed by atoms with van der Waals surface area (Å²) < 4.78 is 0. The average Bonchev–Trinajstić information content (AvgIpc) is 2.66. The van der Waals surface area contributed by atoms with Crippen LogP contribution in [0.2, 0.25) is 5.02 Å². The van der Waals surface area contributed by atoms with E-state index in [1.807, 2.05) is 30.3 Å². The lowest BCUT2D eigenvalue weighted by Gasteiger charge is -2.39. The molecule has 6 nitrogen and oxygen atoms in total. The zero-order valence-corrected chi connectivity index (χ0v) is 16.2. The first-order valence-electron chi connectivity index (χ1n) is 8.98. The van der Waals surface area contributed by atoms with Gasteiger partial charge in [0, 0.05) is 35.8 Å². The van der Waals surface area contributed by atoms with Gasteiger partial charge in [-0.25, -0.2) is 4.79 Å². The van der Waals surface area contributed by atoms with Crippen molar-refractivity contribution in [3.63, 3.8) is 0 Å². The molecule has 1 saturated heterocycles. The van der Waals surface area contributed by atoms with Crippen molar-refractivity contribution >= 4 is 34.9 Å². The number of aliphatic carboxylic acids is 1. The van der Waals surface area contributed by atoms with Crippen LogP contribution < -0.4 is 4.90 Å². The molecule has 1 heterocycles. The molecule has 7 heteroatoms. The first-order chi connectivity index (χ1) is 13.4. The van der Waals surface area contributed by atoms with Gasteiger partial charge in [-0.1, -0.05) is 41.9 Å². The summed E-state index contributed by atoms with van der Waals surface area (Å²) in [6, 6.07) is 13.3. The van der Waals surface area contributed by atoms with Gasteiger partial charge < -0.3 is 14.9 Å². The SMILES string of the molecule is CC(=O)c1ccc(Cl)cc1N1CCN(C(Cc2ccccc2)C(=O)O)C(=O)C1. The van der Waals surface area contributed by atoms with Crippen molar-refractivity contribution < 1.29 is 19.5 Å². The van der Waals surface area contributed by atoms with E-state index in [0.717, 1.165) is 5.56 Å². The lowest BCUT2D eigenvalue weighted by atomic mass is 10.0. The topological polar surface area (TPSA) is 77.9 Å². The Morgan fingerprint density at radius 3 is 2.46 bits per heavy atom. The summed E-state index contributed by atoms with van der Waals surface area (Å²) in [5.74, 6) is -1.43. The Kier molecular flexibility index (Phi) is 5.99. The minimum absolute atomic E-state index is 0.000802. The second kappa shape index (κ2) is 8.44. The molecule has 1 aliphatic rings. The van der Waals surface area contributed by atoms with Crippen molar-refractivity contribution in [2.45, 2.75) is 19.4 Å². The quantitative estimate of drug-likeness (QED) is 0.754. The summed E-state index contributed by atoms with van der Waals surface area (Å²) in [6.45, 7) is 2.14. The normalized spacial score (nSPS) is 15.4. The molecule has 1 N–H and O–H groups in total. The summed E-state index contributed by atoms with van der Waals surface area (Å²) >= 11 is 6.08. The van der Waals surface area contributed by atoms with Gasteiger partial charge in [-0.15, -0.1) is 0 Å². The third-order valence-electron chi connectivity index (χ3n) is 4.87.